The van der Waals surface area contributed by atoms with Crippen LogP contribution in [0.25, 0.3) is 0 Å². The number of benzene rings is 1. The Kier molecular flexibility index (Phi) is 3.68. The van der Waals surface area contributed by atoms with Crippen molar-refractivity contribution in [3.05, 3.63) is 58.3 Å². The van der Waals surface area contributed by atoms with Crippen molar-refractivity contribution in [2.24, 2.45) is 5.92 Å². The molecule has 1 aliphatic rings. The molecular formula is C15H15N3O3. The van der Waals surface area contributed by atoms with Gasteiger partial charge in [0.1, 0.15) is 12.4 Å². The van der Waals surface area contributed by atoms with Gasteiger partial charge in [-0.25, -0.2) is 4.98 Å². The van der Waals surface area contributed by atoms with Gasteiger partial charge in [-0.15, -0.1) is 0 Å². The highest BCUT2D eigenvalue weighted by Gasteiger charge is 2.25. The standard InChI is InChI=1S/C15H15N3O3/c19-14-6-12(17-9-18-14)7-16-15(20)11-5-10-3-1-2-4-13(10)21-8-11/h1-4,6,9,11H,5,7-8H2,(H,16,20)(H,17,18,19)/t11-/m1/s1. The van der Waals surface area contributed by atoms with Crippen LogP contribution in [0.1, 0.15) is 11.3 Å². The highest BCUT2D eigenvalue weighted by Crippen LogP contribution is 2.26. The molecule has 0 saturated carbocycles. The van der Waals surface area contributed by atoms with Gasteiger partial charge < -0.3 is 15.0 Å². The smallest absolute Gasteiger partial charge is 0.250 e. The number of H-pyrrole nitrogens is 1. The van der Waals surface area contributed by atoms with E-state index in [0.29, 0.717) is 18.7 Å². The van der Waals surface area contributed by atoms with E-state index in [-0.39, 0.29) is 23.9 Å². The number of carbonyl (C=O) groups is 1. The third kappa shape index (κ3) is 3.10. The van der Waals surface area contributed by atoms with Gasteiger partial charge >= 0.3 is 0 Å². The third-order valence-electron chi connectivity index (χ3n) is 3.43. The molecule has 0 fully saturated rings. The number of rotatable bonds is 3. The Labute approximate surface area is 121 Å². The van der Waals surface area contributed by atoms with Crippen molar-refractivity contribution in [3.63, 3.8) is 0 Å². The minimum Gasteiger partial charge on any atom is -0.492 e. The fraction of sp³-hybridized carbons (Fsp3) is 0.267. The summed E-state index contributed by atoms with van der Waals surface area (Å²) in [4.78, 5) is 29.7. The number of aromatic amines is 1. The summed E-state index contributed by atoms with van der Waals surface area (Å²) in [5, 5.41) is 2.79. The number of amides is 1. The lowest BCUT2D eigenvalue weighted by molar-refractivity contribution is -0.126. The number of para-hydroxylation sites is 1. The topological polar surface area (TPSA) is 84.1 Å². The number of fused-ring (bicyclic) bond motifs is 1. The molecular weight excluding hydrogens is 270 g/mol. The molecule has 1 atom stereocenters. The fourth-order valence-electron chi connectivity index (χ4n) is 2.32. The minimum atomic E-state index is -0.232. The van der Waals surface area contributed by atoms with Crippen LogP contribution in [0.2, 0.25) is 0 Å². The summed E-state index contributed by atoms with van der Waals surface area (Å²) in [7, 11) is 0. The molecule has 2 N–H and O–H groups in total. The molecule has 6 heteroatoms. The summed E-state index contributed by atoms with van der Waals surface area (Å²) in [6.45, 7) is 0.604. The van der Waals surface area contributed by atoms with Crippen LogP contribution in [0.4, 0.5) is 0 Å². The monoisotopic (exact) mass is 285 g/mol. The molecule has 0 aliphatic carbocycles. The maximum absolute atomic E-state index is 12.2. The number of ether oxygens (including phenoxy) is 1. The molecule has 3 rings (SSSR count). The highest BCUT2D eigenvalue weighted by atomic mass is 16.5. The van der Waals surface area contributed by atoms with Crippen molar-refractivity contribution in [2.75, 3.05) is 6.61 Å². The first kappa shape index (κ1) is 13.4. The Morgan fingerprint density at radius 1 is 1.43 bits per heavy atom. The van der Waals surface area contributed by atoms with Crippen LogP contribution in [-0.4, -0.2) is 22.5 Å². The van der Waals surface area contributed by atoms with Crippen molar-refractivity contribution in [3.8, 4) is 5.75 Å². The molecule has 6 nitrogen and oxygen atoms in total. The molecule has 2 heterocycles. The Morgan fingerprint density at radius 2 is 2.29 bits per heavy atom. The zero-order valence-electron chi connectivity index (χ0n) is 11.3. The molecule has 1 aromatic heterocycles. The molecule has 108 valence electrons. The zero-order valence-corrected chi connectivity index (χ0v) is 11.3. The summed E-state index contributed by atoms with van der Waals surface area (Å²) in [6.07, 6.45) is 1.98. The predicted octanol–water partition coefficient (Wildman–Crippen LogP) is 0.637. The van der Waals surface area contributed by atoms with E-state index in [4.69, 9.17) is 4.74 Å². The van der Waals surface area contributed by atoms with Gasteiger partial charge in [-0.2, -0.15) is 0 Å². The fourth-order valence-corrected chi connectivity index (χ4v) is 2.32. The van der Waals surface area contributed by atoms with E-state index in [9.17, 15) is 9.59 Å². The van der Waals surface area contributed by atoms with E-state index in [2.05, 4.69) is 15.3 Å². The van der Waals surface area contributed by atoms with Gasteiger partial charge in [-0.1, -0.05) is 18.2 Å². The van der Waals surface area contributed by atoms with Crippen LogP contribution >= 0.6 is 0 Å². The van der Waals surface area contributed by atoms with Gasteiger partial charge in [-0.3, -0.25) is 9.59 Å². The van der Waals surface area contributed by atoms with Crippen molar-refractivity contribution in [1.29, 1.82) is 0 Å². The largest absolute Gasteiger partial charge is 0.492 e. The van der Waals surface area contributed by atoms with E-state index >= 15 is 0 Å². The number of nitrogens with one attached hydrogen (secondary N) is 2. The minimum absolute atomic E-state index is 0.0911. The first-order chi connectivity index (χ1) is 10.2. The SMILES string of the molecule is O=C(NCc1cc(=O)[nH]cn1)[C@H]1COc2ccccc2C1. The van der Waals surface area contributed by atoms with Crippen LogP contribution in [0, 0.1) is 5.92 Å². The number of nitrogens with zero attached hydrogens (tertiary/aromatic N) is 1. The molecule has 0 radical (unpaired) electrons. The number of hydrogen-bond donors (Lipinski definition) is 2. The average molecular weight is 285 g/mol. The Balaban J connectivity index is 1.61. The molecule has 1 amide bonds. The third-order valence-corrected chi connectivity index (χ3v) is 3.43. The molecule has 0 unspecified atom stereocenters. The Bertz CT molecular complexity index is 711. The molecule has 0 bridgehead atoms. The highest BCUT2D eigenvalue weighted by molar-refractivity contribution is 5.79. The molecule has 2 aromatic rings. The number of carbonyl (C=O) groups excluding carboxylic acids is 1. The van der Waals surface area contributed by atoms with Crippen LogP contribution in [0.5, 0.6) is 5.75 Å². The van der Waals surface area contributed by atoms with Crippen LogP contribution in [-0.2, 0) is 17.8 Å². The summed E-state index contributed by atoms with van der Waals surface area (Å²) in [6, 6.07) is 9.09. The quantitative estimate of drug-likeness (QED) is 0.866. The summed E-state index contributed by atoms with van der Waals surface area (Å²) in [5.41, 5.74) is 1.34. The second-order valence-electron chi connectivity index (χ2n) is 4.94. The first-order valence-corrected chi connectivity index (χ1v) is 6.74. The van der Waals surface area contributed by atoms with E-state index < -0.39 is 0 Å². The van der Waals surface area contributed by atoms with E-state index in [1.54, 1.807) is 0 Å². The molecule has 0 spiro atoms. The van der Waals surface area contributed by atoms with E-state index in [1.165, 1.54) is 12.4 Å². The average Bonchev–Trinajstić information content (AvgIpc) is 2.52. The summed E-state index contributed by atoms with van der Waals surface area (Å²) < 4.78 is 5.60. The molecule has 1 aliphatic heterocycles. The van der Waals surface area contributed by atoms with Gasteiger partial charge in [0.25, 0.3) is 5.56 Å². The molecule has 1 aromatic carbocycles. The second-order valence-corrected chi connectivity index (χ2v) is 4.94. The summed E-state index contributed by atoms with van der Waals surface area (Å²) in [5.74, 6) is 0.534. The molecule has 0 saturated heterocycles. The maximum Gasteiger partial charge on any atom is 0.250 e. The zero-order chi connectivity index (χ0) is 14.7. The molecule has 21 heavy (non-hydrogen) atoms. The van der Waals surface area contributed by atoms with Gasteiger partial charge in [0.2, 0.25) is 5.91 Å². The van der Waals surface area contributed by atoms with Crippen molar-refractivity contribution < 1.29 is 9.53 Å². The lowest BCUT2D eigenvalue weighted by Crippen LogP contribution is -2.37. The van der Waals surface area contributed by atoms with E-state index in [0.717, 1.165) is 11.3 Å². The van der Waals surface area contributed by atoms with E-state index in [1.807, 2.05) is 24.3 Å². The lowest BCUT2D eigenvalue weighted by atomic mass is 9.96. The van der Waals surface area contributed by atoms with Gasteiger partial charge in [0, 0.05) is 6.07 Å². The van der Waals surface area contributed by atoms with Crippen LogP contribution < -0.4 is 15.6 Å². The Hall–Kier alpha value is -2.63. The first-order valence-electron chi connectivity index (χ1n) is 6.74. The van der Waals surface area contributed by atoms with Gasteiger partial charge in [0.05, 0.1) is 24.5 Å². The summed E-state index contributed by atoms with van der Waals surface area (Å²) >= 11 is 0. The second kappa shape index (κ2) is 5.78. The van der Waals surface area contributed by atoms with Crippen molar-refractivity contribution >= 4 is 5.91 Å². The van der Waals surface area contributed by atoms with Gasteiger partial charge in [0.15, 0.2) is 0 Å². The van der Waals surface area contributed by atoms with Gasteiger partial charge in [-0.05, 0) is 18.1 Å². The van der Waals surface area contributed by atoms with Crippen LogP contribution in [0.3, 0.4) is 0 Å². The number of hydrogen-bond acceptors (Lipinski definition) is 4. The lowest BCUT2D eigenvalue weighted by Gasteiger charge is -2.24. The number of aromatic nitrogens is 2. The van der Waals surface area contributed by atoms with Crippen molar-refractivity contribution in [2.45, 2.75) is 13.0 Å². The maximum atomic E-state index is 12.2. The normalized spacial score (nSPS) is 16.7. The Morgan fingerprint density at radius 3 is 3.14 bits per heavy atom. The predicted molar refractivity (Wildman–Crippen MR) is 75.8 cm³/mol. The van der Waals surface area contributed by atoms with Crippen LogP contribution in [0.15, 0.2) is 41.5 Å². The van der Waals surface area contributed by atoms with Crippen molar-refractivity contribution in [1.82, 2.24) is 15.3 Å².